The van der Waals surface area contributed by atoms with E-state index in [1.807, 2.05) is 24.7 Å². The van der Waals surface area contributed by atoms with E-state index in [1.165, 1.54) is 0 Å². The molecule has 0 aliphatic heterocycles. The zero-order valence-electron chi connectivity index (χ0n) is 9.46. The molecule has 0 radical (unpaired) electrons. The quantitative estimate of drug-likeness (QED) is 0.735. The Morgan fingerprint density at radius 3 is 2.75 bits per heavy atom. The zero-order chi connectivity index (χ0) is 11.5. The minimum Gasteiger partial charge on any atom is -0.330 e. The van der Waals surface area contributed by atoms with Gasteiger partial charge in [0.15, 0.2) is 5.82 Å². The van der Waals surface area contributed by atoms with Gasteiger partial charge in [-0.15, -0.1) is 15.3 Å². The highest BCUT2D eigenvalue weighted by atomic mass is 15.4. The van der Waals surface area contributed by atoms with Crippen molar-refractivity contribution < 1.29 is 0 Å². The number of rotatable bonds is 4. The van der Waals surface area contributed by atoms with Gasteiger partial charge in [0, 0.05) is 19.7 Å². The lowest BCUT2D eigenvalue weighted by molar-refractivity contribution is 0.603. The summed E-state index contributed by atoms with van der Waals surface area (Å²) in [6.07, 6.45) is 2.63. The summed E-state index contributed by atoms with van der Waals surface area (Å²) in [4.78, 5) is 0. The van der Waals surface area contributed by atoms with Gasteiger partial charge in [-0.25, -0.2) is 4.68 Å². The van der Waals surface area contributed by atoms with Crippen LogP contribution in [0.3, 0.4) is 0 Å². The predicted molar refractivity (Wildman–Crippen MR) is 57.6 cm³/mol. The molecule has 0 spiro atoms. The third-order valence-electron chi connectivity index (χ3n) is 2.47. The van der Waals surface area contributed by atoms with Gasteiger partial charge in [0.2, 0.25) is 0 Å². The van der Waals surface area contributed by atoms with Crippen molar-refractivity contribution in [2.45, 2.75) is 19.9 Å². The fourth-order valence-electron chi connectivity index (χ4n) is 1.41. The van der Waals surface area contributed by atoms with Gasteiger partial charge in [0.1, 0.15) is 12.4 Å². The molecule has 0 aromatic carbocycles. The molecule has 0 atom stereocenters. The van der Waals surface area contributed by atoms with Crippen LogP contribution >= 0.6 is 0 Å². The summed E-state index contributed by atoms with van der Waals surface area (Å²) in [6, 6.07) is 0. The van der Waals surface area contributed by atoms with Crippen molar-refractivity contribution in [2.24, 2.45) is 12.8 Å². The largest absolute Gasteiger partial charge is 0.330 e. The topological polar surface area (TPSA) is 87.4 Å². The SMILES string of the molecule is Cc1nnc(Cn2cc(CCN)nn2)n1C. The smallest absolute Gasteiger partial charge is 0.154 e. The maximum Gasteiger partial charge on any atom is 0.154 e. The van der Waals surface area contributed by atoms with E-state index in [2.05, 4.69) is 20.5 Å². The molecule has 0 bridgehead atoms. The van der Waals surface area contributed by atoms with Gasteiger partial charge in [-0.05, 0) is 13.5 Å². The minimum atomic E-state index is 0.578. The summed E-state index contributed by atoms with van der Waals surface area (Å²) < 4.78 is 3.68. The van der Waals surface area contributed by atoms with Gasteiger partial charge in [0.25, 0.3) is 0 Å². The molecule has 0 fully saturated rings. The van der Waals surface area contributed by atoms with Crippen LogP contribution in [0.5, 0.6) is 0 Å². The first-order chi connectivity index (χ1) is 7.70. The second-order valence-corrected chi connectivity index (χ2v) is 3.67. The summed E-state index contributed by atoms with van der Waals surface area (Å²) in [7, 11) is 1.93. The van der Waals surface area contributed by atoms with E-state index in [9.17, 15) is 0 Å². The summed E-state index contributed by atoms with van der Waals surface area (Å²) >= 11 is 0. The predicted octanol–water partition coefficient (Wildman–Crippen LogP) is -0.735. The lowest BCUT2D eigenvalue weighted by Crippen LogP contribution is -2.07. The molecule has 16 heavy (non-hydrogen) atoms. The van der Waals surface area contributed by atoms with Crippen LogP contribution in [0.2, 0.25) is 0 Å². The van der Waals surface area contributed by atoms with Crippen LogP contribution in [0.4, 0.5) is 0 Å². The number of nitrogens with zero attached hydrogens (tertiary/aromatic N) is 6. The van der Waals surface area contributed by atoms with Gasteiger partial charge in [-0.3, -0.25) is 0 Å². The van der Waals surface area contributed by atoms with Crippen LogP contribution in [0.15, 0.2) is 6.20 Å². The Morgan fingerprint density at radius 1 is 1.31 bits per heavy atom. The van der Waals surface area contributed by atoms with Crippen molar-refractivity contribution in [1.82, 2.24) is 29.8 Å². The fraction of sp³-hybridized carbons (Fsp3) is 0.556. The Morgan fingerprint density at radius 2 is 2.12 bits per heavy atom. The van der Waals surface area contributed by atoms with Crippen molar-refractivity contribution in [2.75, 3.05) is 6.54 Å². The first-order valence-electron chi connectivity index (χ1n) is 5.14. The van der Waals surface area contributed by atoms with Gasteiger partial charge in [-0.2, -0.15) is 0 Å². The van der Waals surface area contributed by atoms with E-state index < -0.39 is 0 Å². The van der Waals surface area contributed by atoms with Crippen molar-refractivity contribution >= 4 is 0 Å². The molecule has 0 saturated heterocycles. The molecule has 2 aromatic heterocycles. The van der Waals surface area contributed by atoms with Crippen molar-refractivity contribution in [1.29, 1.82) is 0 Å². The number of aryl methyl sites for hydroxylation is 1. The van der Waals surface area contributed by atoms with Gasteiger partial charge in [0.05, 0.1) is 5.69 Å². The Labute approximate surface area is 93.3 Å². The summed E-state index contributed by atoms with van der Waals surface area (Å²) in [5, 5.41) is 16.1. The van der Waals surface area contributed by atoms with Crippen LogP contribution in [0, 0.1) is 6.92 Å². The summed E-state index contributed by atoms with van der Waals surface area (Å²) in [5.74, 6) is 1.75. The van der Waals surface area contributed by atoms with E-state index >= 15 is 0 Å². The molecule has 7 heteroatoms. The van der Waals surface area contributed by atoms with Gasteiger partial charge >= 0.3 is 0 Å². The third-order valence-corrected chi connectivity index (χ3v) is 2.47. The average Bonchev–Trinajstić information content (AvgIpc) is 2.82. The van der Waals surface area contributed by atoms with Crippen LogP contribution in [0.1, 0.15) is 17.3 Å². The van der Waals surface area contributed by atoms with E-state index in [0.717, 1.165) is 23.8 Å². The van der Waals surface area contributed by atoms with Crippen molar-refractivity contribution in [3.63, 3.8) is 0 Å². The molecule has 0 saturated carbocycles. The van der Waals surface area contributed by atoms with Crippen molar-refractivity contribution in [3.05, 3.63) is 23.5 Å². The molecule has 7 nitrogen and oxygen atoms in total. The molecular weight excluding hydrogens is 206 g/mol. The van der Waals surface area contributed by atoms with E-state index in [1.54, 1.807) is 4.68 Å². The summed E-state index contributed by atoms with van der Waals surface area (Å²) in [6.45, 7) is 3.08. The number of hydrogen-bond donors (Lipinski definition) is 1. The molecule has 86 valence electrons. The highest BCUT2D eigenvalue weighted by Gasteiger charge is 2.07. The lowest BCUT2D eigenvalue weighted by Gasteiger charge is -2.00. The molecule has 2 aromatic rings. The molecule has 2 N–H and O–H groups in total. The zero-order valence-corrected chi connectivity index (χ0v) is 9.46. The molecule has 0 amide bonds. The Bertz CT molecular complexity index is 470. The first-order valence-corrected chi connectivity index (χ1v) is 5.14. The Kier molecular flexibility index (Phi) is 2.95. The van der Waals surface area contributed by atoms with Gasteiger partial charge < -0.3 is 10.3 Å². The maximum atomic E-state index is 5.45. The van der Waals surface area contributed by atoms with Gasteiger partial charge in [-0.1, -0.05) is 5.21 Å². The van der Waals surface area contributed by atoms with Crippen LogP contribution in [-0.2, 0) is 20.0 Å². The molecule has 0 unspecified atom stereocenters. The number of hydrogen-bond acceptors (Lipinski definition) is 5. The van der Waals surface area contributed by atoms with Crippen molar-refractivity contribution in [3.8, 4) is 0 Å². The van der Waals surface area contributed by atoms with Crippen LogP contribution < -0.4 is 5.73 Å². The fourth-order valence-corrected chi connectivity index (χ4v) is 1.41. The second kappa shape index (κ2) is 4.40. The van der Waals surface area contributed by atoms with Crippen LogP contribution in [0.25, 0.3) is 0 Å². The minimum absolute atomic E-state index is 0.578. The van der Waals surface area contributed by atoms with E-state index in [0.29, 0.717) is 13.1 Å². The first kappa shape index (κ1) is 10.7. The normalized spacial score (nSPS) is 10.9. The average molecular weight is 221 g/mol. The molecule has 0 aliphatic rings. The standard InChI is InChI=1S/C9H15N7/c1-7-11-13-9(15(7)2)6-16-5-8(3-4-10)12-14-16/h5H,3-4,6,10H2,1-2H3. The lowest BCUT2D eigenvalue weighted by atomic mass is 10.3. The molecule has 2 heterocycles. The number of aromatic nitrogens is 6. The van der Waals surface area contributed by atoms with E-state index in [4.69, 9.17) is 5.73 Å². The number of nitrogens with two attached hydrogens (primary N) is 1. The maximum absolute atomic E-state index is 5.45. The Balaban J connectivity index is 2.11. The molecule has 2 rings (SSSR count). The third kappa shape index (κ3) is 2.08. The summed E-state index contributed by atoms with van der Waals surface area (Å²) in [5.41, 5.74) is 6.35. The second-order valence-electron chi connectivity index (χ2n) is 3.67. The Hall–Kier alpha value is -1.76. The molecule has 0 aliphatic carbocycles. The van der Waals surface area contributed by atoms with Crippen LogP contribution in [-0.4, -0.2) is 36.3 Å². The highest BCUT2D eigenvalue weighted by molar-refractivity contribution is 4.97. The highest BCUT2D eigenvalue weighted by Crippen LogP contribution is 2.01. The van der Waals surface area contributed by atoms with E-state index in [-0.39, 0.29) is 0 Å². The molecular formula is C9H15N7. The monoisotopic (exact) mass is 221 g/mol.